The molecule has 0 saturated carbocycles. The second kappa shape index (κ2) is 13.1. The molecule has 2 aromatic heterocycles. The predicted molar refractivity (Wildman–Crippen MR) is 165 cm³/mol. The number of benzene rings is 1. The van der Waals surface area contributed by atoms with Crippen LogP contribution in [0.2, 0.25) is 0 Å². The van der Waals surface area contributed by atoms with Gasteiger partial charge in [-0.15, -0.1) is 0 Å². The van der Waals surface area contributed by atoms with Crippen molar-refractivity contribution in [2.45, 2.75) is 57.7 Å². The Balaban J connectivity index is 1.29. The maximum absolute atomic E-state index is 13.7. The summed E-state index contributed by atoms with van der Waals surface area (Å²) in [5.41, 5.74) is 10.1. The number of nitrogen functional groups attached to an aromatic ring is 1. The summed E-state index contributed by atoms with van der Waals surface area (Å²) in [6.45, 7) is 6.38. The van der Waals surface area contributed by atoms with Gasteiger partial charge in [0.25, 0.3) is 0 Å². The molecule has 6 rings (SSSR count). The van der Waals surface area contributed by atoms with Crippen LogP contribution >= 0.6 is 0 Å². The summed E-state index contributed by atoms with van der Waals surface area (Å²) in [4.78, 5) is 21.3. The number of pyridine rings is 1. The van der Waals surface area contributed by atoms with Crippen molar-refractivity contribution in [3.8, 4) is 16.9 Å². The third-order valence-corrected chi connectivity index (χ3v) is 9.04. The Morgan fingerprint density at radius 2 is 1.77 bits per heavy atom. The fourth-order valence-corrected chi connectivity index (χ4v) is 6.49. The molecule has 12 heteroatoms. The number of nitrogens with zero attached hydrogens (tertiary/aromatic N) is 6. The van der Waals surface area contributed by atoms with E-state index >= 15 is 0 Å². The van der Waals surface area contributed by atoms with Crippen molar-refractivity contribution in [3.05, 3.63) is 30.1 Å². The molecule has 0 spiro atoms. The molecular weight excluding hydrogens is 554 g/mol. The minimum Gasteiger partial charge on any atom is -0.433 e. The van der Waals surface area contributed by atoms with E-state index in [1.54, 1.807) is 12.3 Å². The molecule has 0 amide bonds. The molecule has 3 aromatic rings. The average Bonchev–Trinajstić information content (AvgIpc) is 3.02. The van der Waals surface area contributed by atoms with Crippen LogP contribution in [-0.4, -0.2) is 103 Å². The van der Waals surface area contributed by atoms with E-state index in [9.17, 15) is 8.78 Å². The fourth-order valence-electron chi connectivity index (χ4n) is 6.49. The van der Waals surface area contributed by atoms with E-state index in [1.807, 2.05) is 19.1 Å². The zero-order chi connectivity index (χ0) is 29.9. The number of fused-ring (bicyclic) bond motifs is 1. The van der Waals surface area contributed by atoms with Crippen LogP contribution < -0.4 is 20.7 Å². The number of anilines is 3. The molecular formula is C31H42F2N8O2. The van der Waals surface area contributed by atoms with Crippen molar-refractivity contribution in [1.29, 1.82) is 0 Å². The average molecular weight is 597 g/mol. The van der Waals surface area contributed by atoms with Crippen LogP contribution in [0.3, 0.4) is 0 Å². The highest BCUT2D eigenvalue weighted by Crippen LogP contribution is 2.38. The number of piperazine rings is 1. The number of piperidine rings is 1. The third kappa shape index (κ3) is 6.61. The second-order valence-electron chi connectivity index (χ2n) is 11.8. The minimum absolute atomic E-state index is 0.147. The lowest BCUT2D eigenvalue weighted by Crippen LogP contribution is -2.52. The second-order valence-corrected chi connectivity index (χ2v) is 11.8. The lowest BCUT2D eigenvalue weighted by atomic mass is 10.00. The van der Waals surface area contributed by atoms with E-state index in [0.29, 0.717) is 59.3 Å². The highest BCUT2D eigenvalue weighted by atomic mass is 19.3. The van der Waals surface area contributed by atoms with Gasteiger partial charge in [0.05, 0.1) is 11.4 Å². The molecule has 0 bridgehead atoms. The third-order valence-electron chi connectivity index (χ3n) is 9.04. The number of aryl methyl sites for hydroxylation is 1. The quantitative estimate of drug-likeness (QED) is 0.392. The number of ether oxygens (including phenoxy) is 2. The Bertz CT molecular complexity index is 1400. The van der Waals surface area contributed by atoms with E-state index in [-0.39, 0.29) is 17.6 Å². The van der Waals surface area contributed by atoms with E-state index < -0.39 is 6.61 Å². The van der Waals surface area contributed by atoms with E-state index in [1.165, 1.54) is 0 Å². The number of nitrogens with two attached hydrogens (primary N) is 1. The van der Waals surface area contributed by atoms with Crippen molar-refractivity contribution in [3.63, 3.8) is 0 Å². The summed E-state index contributed by atoms with van der Waals surface area (Å²) < 4.78 is 38.0. The van der Waals surface area contributed by atoms with Crippen LogP contribution in [-0.2, 0) is 11.2 Å². The monoisotopic (exact) mass is 596 g/mol. The zero-order valence-corrected chi connectivity index (χ0v) is 25.1. The van der Waals surface area contributed by atoms with Crippen LogP contribution in [0.1, 0.15) is 38.3 Å². The lowest BCUT2D eigenvalue weighted by molar-refractivity contribution is -0.0495. The Hall–Kier alpha value is -3.35. The van der Waals surface area contributed by atoms with Gasteiger partial charge in [0.2, 0.25) is 0 Å². The van der Waals surface area contributed by atoms with Gasteiger partial charge in [-0.05, 0) is 56.8 Å². The standard InChI is InChI=1S/C31H42F2N8O2/c1-3-24-30(36-21-8-16-42-17-9-21)38-27-23(19-35-29(34)28(27)37-24)20-4-5-25(26(18-20)43-31(32)33)41-10-6-22(7-11-41)40-14-12-39(2)13-15-40/h4-5,18-19,21-22,31H,3,6-17H2,1-2H3,(H2,34,35)(H,36,38). The maximum atomic E-state index is 13.7. The number of nitrogens with one attached hydrogen (secondary N) is 1. The first kappa shape index (κ1) is 29.7. The SMILES string of the molecule is CCc1nc2c(N)ncc(-c3ccc(N4CCC(N5CCN(C)CC5)CC4)c(OC(F)F)c3)c2nc1NC1CCOCC1. The Kier molecular flexibility index (Phi) is 9.06. The van der Waals surface area contributed by atoms with Gasteiger partial charge in [0.1, 0.15) is 22.6 Å². The van der Waals surface area contributed by atoms with Crippen molar-refractivity contribution < 1.29 is 18.3 Å². The van der Waals surface area contributed by atoms with Crippen LogP contribution in [0.4, 0.5) is 26.1 Å². The summed E-state index contributed by atoms with van der Waals surface area (Å²) in [6, 6.07) is 6.22. The number of hydrogen-bond acceptors (Lipinski definition) is 10. The molecule has 3 aliphatic rings. The molecule has 3 saturated heterocycles. The highest BCUT2D eigenvalue weighted by Gasteiger charge is 2.28. The van der Waals surface area contributed by atoms with Gasteiger partial charge in [-0.3, -0.25) is 4.90 Å². The zero-order valence-electron chi connectivity index (χ0n) is 25.1. The summed E-state index contributed by atoms with van der Waals surface area (Å²) in [6.07, 6.45) is 6.06. The normalized spacial score (nSPS) is 19.8. The van der Waals surface area contributed by atoms with Crippen molar-refractivity contribution in [2.24, 2.45) is 0 Å². The van der Waals surface area contributed by atoms with E-state index in [2.05, 4.69) is 32.0 Å². The summed E-state index contributed by atoms with van der Waals surface area (Å²) in [5, 5.41) is 3.56. The summed E-state index contributed by atoms with van der Waals surface area (Å²) in [5.74, 6) is 1.13. The molecule has 0 aliphatic carbocycles. The van der Waals surface area contributed by atoms with Crippen molar-refractivity contribution >= 4 is 28.4 Å². The Morgan fingerprint density at radius 1 is 1.02 bits per heavy atom. The van der Waals surface area contributed by atoms with Crippen LogP contribution in [0.25, 0.3) is 22.2 Å². The molecule has 0 radical (unpaired) electrons. The largest absolute Gasteiger partial charge is 0.433 e. The maximum Gasteiger partial charge on any atom is 0.387 e. The molecule has 3 N–H and O–H groups in total. The first-order chi connectivity index (χ1) is 20.9. The molecule has 232 valence electrons. The first-order valence-corrected chi connectivity index (χ1v) is 15.5. The van der Waals surface area contributed by atoms with Crippen LogP contribution in [0.5, 0.6) is 5.75 Å². The molecule has 5 heterocycles. The van der Waals surface area contributed by atoms with Gasteiger partial charge in [-0.2, -0.15) is 8.78 Å². The number of likely N-dealkylation sites (N-methyl/N-ethyl adjacent to an activating group) is 1. The Labute approximate surface area is 251 Å². The van der Waals surface area contributed by atoms with Crippen molar-refractivity contribution in [2.75, 3.05) is 75.5 Å². The molecule has 43 heavy (non-hydrogen) atoms. The molecule has 0 atom stereocenters. The van der Waals surface area contributed by atoms with E-state index in [0.717, 1.165) is 70.6 Å². The lowest BCUT2D eigenvalue weighted by Gasteiger charge is -2.42. The molecule has 3 fully saturated rings. The van der Waals surface area contributed by atoms with Crippen molar-refractivity contribution in [1.82, 2.24) is 24.8 Å². The highest BCUT2D eigenvalue weighted by molar-refractivity contribution is 5.97. The number of halogens is 2. The van der Waals surface area contributed by atoms with Crippen LogP contribution in [0.15, 0.2) is 24.4 Å². The summed E-state index contributed by atoms with van der Waals surface area (Å²) in [7, 11) is 2.16. The first-order valence-electron chi connectivity index (χ1n) is 15.5. The molecule has 0 unspecified atom stereocenters. The Morgan fingerprint density at radius 3 is 2.47 bits per heavy atom. The number of hydrogen-bond donors (Lipinski definition) is 2. The number of alkyl halides is 2. The van der Waals surface area contributed by atoms with Gasteiger partial charge in [0.15, 0.2) is 5.82 Å². The minimum atomic E-state index is -2.94. The van der Waals surface area contributed by atoms with Crippen LogP contribution in [0, 0.1) is 0 Å². The summed E-state index contributed by atoms with van der Waals surface area (Å²) >= 11 is 0. The fraction of sp³-hybridized carbons (Fsp3) is 0.581. The number of rotatable bonds is 8. The van der Waals surface area contributed by atoms with Gasteiger partial charge in [-0.1, -0.05) is 13.0 Å². The van der Waals surface area contributed by atoms with Gasteiger partial charge >= 0.3 is 6.61 Å². The van der Waals surface area contributed by atoms with Gasteiger partial charge < -0.3 is 30.3 Å². The van der Waals surface area contributed by atoms with Gasteiger partial charge in [0, 0.05) is 76.3 Å². The van der Waals surface area contributed by atoms with E-state index in [4.69, 9.17) is 25.2 Å². The predicted octanol–water partition coefficient (Wildman–Crippen LogP) is 4.24. The topological polar surface area (TPSA) is 105 Å². The van der Waals surface area contributed by atoms with Gasteiger partial charge in [-0.25, -0.2) is 15.0 Å². The molecule has 3 aliphatic heterocycles. The molecule has 10 nitrogen and oxygen atoms in total. The number of aromatic nitrogens is 3. The smallest absolute Gasteiger partial charge is 0.387 e. The molecule has 1 aromatic carbocycles.